The van der Waals surface area contributed by atoms with Crippen LogP contribution in [0.5, 0.6) is 0 Å². The number of halogens is 1. The fourth-order valence-corrected chi connectivity index (χ4v) is 6.38. The molecule has 1 aromatic heterocycles. The van der Waals surface area contributed by atoms with Crippen LogP contribution in [0.25, 0.3) is 0 Å². The zero-order valence-electron chi connectivity index (χ0n) is 12.5. The van der Waals surface area contributed by atoms with Crippen molar-refractivity contribution in [3.8, 4) is 0 Å². The topological polar surface area (TPSA) is 51.8 Å². The summed E-state index contributed by atoms with van der Waals surface area (Å²) in [6, 6.07) is 0. The maximum atomic E-state index is 6.14. The van der Waals surface area contributed by atoms with Crippen LogP contribution in [0.15, 0.2) is 4.47 Å². The summed E-state index contributed by atoms with van der Waals surface area (Å²) in [5.41, 5.74) is 7.29. The molecule has 2 aliphatic rings. The van der Waals surface area contributed by atoms with Gasteiger partial charge in [0.15, 0.2) is 0 Å². The number of nitrogens with zero attached hydrogens (tertiary/aromatic N) is 2. The van der Waals surface area contributed by atoms with Crippen LogP contribution < -0.4 is 5.73 Å². The predicted molar refractivity (Wildman–Crippen MR) is 97.1 cm³/mol. The van der Waals surface area contributed by atoms with Gasteiger partial charge in [-0.25, -0.2) is 9.97 Å². The largest absolute Gasteiger partial charge is 0.383 e. The highest BCUT2D eigenvalue weighted by atomic mass is 79.9. The Morgan fingerprint density at radius 3 is 2.52 bits per heavy atom. The summed E-state index contributed by atoms with van der Waals surface area (Å²) >= 11 is 7.63. The Morgan fingerprint density at radius 1 is 1.14 bits per heavy atom. The molecule has 0 bridgehead atoms. The summed E-state index contributed by atoms with van der Waals surface area (Å²) in [4.78, 5) is 9.50. The summed E-state index contributed by atoms with van der Waals surface area (Å²) in [5, 5.41) is 1.71. The van der Waals surface area contributed by atoms with E-state index >= 15 is 0 Å². The quantitative estimate of drug-likeness (QED) is 0.790. The number of hydrogen-bond donors (Lipinski definition) is 1. The monoisotopic (exact) mass is 387 g/mol. The molecular formula is C15H22BrN3S2. The van der Waals surface area contributed by atoms with Gasteiger partial charge in [-0.1, -0.05) is 26.7 Å². The first-order valence-corrected chi connectivity index (χ1v) is 10.4. The van der Waals surface area contributed by atoms with Gasteiger partial charge in [0.2, 0.25) is 0 Å². The Bertz CT molecular complexity index is 520. The first-order chi connectivity index (χ1) is 10.1. The van der Waals surface area contributed by atoms with Crippen molar-refractivity contribution in [1.82, 2.24) is 9.97 Å². The lowest BCUT2D eigenvalue weighted by Crippen LogP contribution is -2.23. The summed E-state index contributed by atoms with van der Waals surface area (Å²) in [5.74, 6) is 3.19. The SMILES string of the molecule is CC1SCC(c2nc(N)c(Br)c(C3CCCC3)n2)SC1C. The maximum Gasteiger partial charge on any atom is 0.144 e. The van der Waals surface area contributed by atoms with Crippen LogP contribution in [0.3, 0.4) is 0 Å². The van der Waals surface area contributed by atoms with Crippen LogP contribution in [-0.4, -0.2) is 26.2 Å². The highest BCUT2D eigenvalue weighted by Gasteiger charge is 2.30. The molecular weight excluding hydrogens is 366 g/mol. The van der Waals surface area contributed by atoms with Crippen molar-refractivity contribution in [1.29, 1.82) is 0 Å². The van der Waals surface area contributed by atoms with E-state index in [9.17, 15) is 0 Å². The summed E-state index contributed by atoms with van der Waals surface area (Å²) < 4.78 is 0.924. The van der Waals surface area contributed by atoms with Crippen molar-refractivity contribution in [2.24, 2.45) is 0 Å². The second-order valence-corrected chi connectivity index (χ2v) is 9.80. The van der Waals surface area contributed by atoms with Gasteiger partial charge in [0.05, 0.1) is 15.4 Å². The van der Waals surface area contributed by atoms with Gasteiger partial charge in [0, 0.05) is 22.2 Å². The third kappa shape index (κ3) is 3.37. The first kappa shape index (κ1) is 15.9. The lowest BCUT2D eigenvalue weighted by molar-refractivity contribution is 0.679. The van der Waals surface area contributed by atoms with Crippen LogP contribution in [0, 0.1) is 0 Å². The number of anilines is 1. The van der Waals surface area contributed by atoms with Crippen molar-refractivity contribution >= 4 is 45.3 Å². The van der Waals surface area contributed by atoms with Crippen LogP contribution in [0.2, 0.25) is 0 Å². The highest BCUT2D eigenvalue weighted by molar-refractivity contribution is 9.10. The van der Waals surface area contributed by atoms with Crippen molar-refractivity contribution in [3.05, 3.63) is 16.0 Å². The summed E-state index contributed by atoms with van der Waals surface area (Å²) in [7, 11) is 0. The molecule has 3 nitrogen and oxygen atoms in total. The molecule has 6 heteroatoms. The molecule has 3 atom stereocenters. The van der Waals surface area contributed by atoms with E-state index < -0.39 is 0 Å². The van der Waals surface area contributed by atoms with Gasteiger partial charge in [0.1, 0.15) is 11.6 Å². The van der Waals surface area contributed by atoms with Crippen molar-refractivity contribution in [2.75, 3.05) is 11.5 Å². The second kappa shape index (κ2) is 6.67. The Balaban J connectivity index is 1.88. The smallest absolute Gasteiger partial charge is 0.144 e. The summed E-state index contributed by atoms with van der Waals surface area (Å²) in [6.45, 7) is 4.61. The number of nitrogens with two attached hydrogens (primary N) is 1. The maximum absolute atomic E-state index is 6.14. The van der Waals surface area contributed by atoms with E-state index in [1.807, 2.05) is 23.5 Å². The molecule has 2 heterocycles. The third-order valence-corrected chi connectivity index (χ3v) is 8.70. The molecule has 21 heavy (non-hydrogen) atoms. The number of hydrogen-bond acceptors (Lipinski definition) is 5. The van der Waals surface area contributed by atoms with Gasteiger partial charge in [-0.3, -0.25) is 0 Å². The minimum atomic E-state index is 0.372. The van der Waals surface area contributed by atoms with E-state index in [1.54, 1.807) is 0 Å². The molecule has 0 amide bonds. The van der Waals surface area contributed by atoms with Gasteiger partial charge in [-0.15, -0.1) is 11.8 Å². The molecule has 2 fully saturated rings. The fourth-order valence-electron chi connectivity index (χ4n) is 3.03. The van der Waals surface area contributed by atoms with E-state index in [4.69, 9.17) is 10.7 Å². The molecule has 1 aliphatic carbocycles. The van der Waals surface area contributed by atoms with Gasteiger partial charge in [-0.05, 0) is 28.8 Å². The molecule has 116 valence electrons. The van der Waals surface area contributed by atoms with E-state index in [-0.39, 0.29) is 0 Å². The normalized spacial score (nSPS) is 30.7. The molecule has 1 saturated heterocycles. The van der Waals surface area contributed by atoms with Gasteiger partial charge in [-0.2, -0.15) is 11.8 Å². The van der Waals surface area contributed by atoms with Crippen molar-refractivity contribution < 1.29 is 0 Å². The van der Waals surface area contributed by atoms with Crippen molar-refractivity contribution in [2.45, 2.75) is 61.2 Å². The van der Waals surface area contributed by atoms with Crippen molar-refractivity contribution in [3.63, 3.8) is 0 Å². The van der Waals surface area contributed by atoms with Crippen LogP contribution in [0.1, 0.15) is 62.2 Å². The Labute approximate surface area is 143 Å². The third-order valence-electron chi connectivity index (χ3n) is 4.50. The number of rotatable bonds is 2. The number of nitrogen functional groups attached to an aromatic ring is 1. The molecule has 2 N–H and O–H groups in total. The molecule has 0 aromatic carbocycles. The van der Waals surface area contributed by atoms with Gasteiger partial charge < -0.3 is 5.73 Å². The summed E-state index contributed by atoms with van der Waals surface area (Å²) in [6.07, 6.45) is 5.07. The van der Waals surface area contributed by atoms with E-state index in [2.05, 4.69) is 34.8 Å². The molecule has 3 unspecified atom stereocenters. The fraction of sp³-hybridized carbons (Fsp3) is 0.733. The lowest BCUT2D eigenvalue weighted by atomic mass is 10.0. The zero-order valence-corrected chi connectivity index (χ0v) is 15.7. The standard InChI is InChI=1S/C15H22BrN3S2/c1-8-9(2)21-11(7-20-8)15-18-13(10-5-3-4-6-10)12(16)14(17)19-15/h8-11H,3-7H2,1-2H3,(H2,17,18,19). The first-order valence-electron chi connectivity index (χ1n) is 7.66. The average molecular weight is 388 g/mol. The molecule has 0 spiro atoms. The Morgan fingerprint density at radius 2 is 1.86 bits per heavy atom. The number of aromatic nitrogens is 2. The lowest BCUT2D eigenvalue weighted by Gasteiger charge is -2.30. The molecule has 1 saturated carbocycles. The minimum absolute atomic E-state index is 0.372. The second-order valence-electron chi connectivity index (χ2n) is 6.02. The van der Waals surface area contributed by atoms with E-state index in [0.29, 0.717) is 27.5 Å². The Kier molecular flexibility index (Phi) is 5.06. The van der Waals surface area contributed by atoms with Gasteiger partial charge >= 0.3 is 0 Å². The van der Waals surface area contributed by atoms with Crippen LogP contribution >= 0.6 is 39.5 Å². The Hall–Kier alpha value is 0.0600. The van der Waals surface area contributed by atoms with E-state index in [1.165, 1.54) is 25.7 Å². The van der Waals surface area contributed by atoms with Gasteiger partial charge in [0.25, 0.3) is 0 Å². The number of thioether (sulfide) groups is 2. The average Bonchev–Trinajstić information content (AvgIpc) is 2.98. The molecule has 1 aliphatic heterocycles. The van der Waals surface area contributed by atoms with Crippen LogP contribution in [0.4, 0.5) is 5.82 Å². The highest BCUT2D eigenvalue weighted by Crippen LogP contribution is 2.45. The van der Waals surface area contributed by atoms with E-state index in [0.717, 1.165) is 21.7 Å². The zero-order chi connectivity index (χ0) is 15.0. The predicted octanol–water partition coefficient (Wildman–Crippen LogP) is 4.78. The molecule has 0 radical (unpaired) electrons. The molecule has 1 aromatic rings. The van der Waals surface area contributed by atoms with Crippen LogP contribution in [-0.2, 0) is 0 Å². The minimum Gasteiger partial charge on any atom is -0.383 e. The molecule has 3 rings (SSSR count).